The number of carbonyl (C=O) groups excluding carboxylic acids is 1. The smallest absolute Gasteiger partial charge is 0.320 e. The lowest BCUT2D eigenvalue weighted by Crippen LogP contribution is -2.51. The highest BCUT2D eigenvalue weighted by atomic mass is 35.5. The summed E-state index contributed by atoms with van der Waals surface area (Å²) in [6, 6.07) is -0.114. The largest absolute Gasteiger partial charge is 0.480 e. The van der Waals surface area contributed by atoms with Crippen molar-refractivity contribution in [1.29, 1.82) is 0 Å². The summed E-state index contributed by atoms with van der Waals surface area (Å²) in [6.45, 7) is 3.75. The predicted molar refractivity (Wildman–Crippen MR) is 88.4 cm³/mol. The summed E-state index contributed by atoms with van der Waals surface area (Å²) in [5, 5.41) is 9.30. The molecule has 5 nitrogen and oxygen atoms in total. The van der Waals surface area contributed by atoms with Gasteiger partial charge in [0, 0.05) is 12.6 Å². The summed E-state index contributed by atoms with van der Waals surface area (Å²) in [5.74, 6) is -0.680. The number of carboxylic acid groups (broad SMARTS) is 1. The number of aliphatic carboxylic acids is 1. The van der Waals surface area contributed by atoms with E-state index in [1.807, 2.05) is 16.7 Å². The first-order valence-electron chi connectivity index (χ1n) is 8.39. The minimum Gasteiger partial charge on any atom is -0.480 e. The average Bonchev–Trinajstić information content (AvgIpc) is 2.49. The second kappa shape index (κ2) is 9.36. The summed E-state index contributed by atoms with van der Waals surface area (Å²) >= 11 is 0. The van der Waals surface area contributed by atoms with Crippen molar-refractivity contribution in [3.8, 4) is 0 Å². The second-order valence-corrected chi connectivity index (χ2v) is 6.29. The lowest BCUT2D eigenvalue weighted by Gasteiger charge is -2.37. The highest BCUT2D eigenvalue weighted by molar-refractivity contribution is 5.85. The van der Waals surface area contributed by atoms with Crippen LogP contribution in [-0.4, -0.2) is 58.5 Å². The predicted octanol–water partition coefficient (Wildman–Crippen LogP) is 2.53. The molecule has 1 aliphatic carbocycles. The Morgan fingerprint density at radius 1 is 1.09 bits per heavy atom. The molecule has 1 aliphatic heterocycles. The standard InChI is InChI=1S/C16H28N2O3.ClH/c1-2-18(13-8-4-3-5-9-13)15(19)12-17-11-7-6-10-14(17)16(20)21;/h13-14H,2-12H2,1H3,(H,20,21);1H. The maximum absolute atomic E-state index is 12.6. The summed E-state index contributed by atoms with van der Waals surface area (Å²) in [6.07, 6.45) is 8.48. The minimum absolute atomic E-state index is 0. The van der Waals surface area contributed by atoms with Gasteiger partial charge in [0.2, 0.25) is 5.91 Å². The first kappa shape index (κ1) is 19.2. The molecule has 0 aromatic heterocycles. The molecule has 0 spiro atoms. The summed E-state index contributed by atoms with van der Waals surface area (Å²) in [7, 11) is 0. The second-order valence-electron chi connectivity index (χ2n) is 6.29. The Bertz CT molecular complexity index is 372. The number of rotatable bonds is 5. The zero-order valence-corrected chi connectivity index (χ0v) is 14.3. The van der Waals surface area contributed by atoms with Crippen molar-refractivity contribution in [2.24, 2.45) is 0 Å². The van der Waals surface area contributed by atoms with E-state index in [1.165, 1.54) is 19.3 Å². The van der Waals surface area contributed by atoms with Gasteiger partial charge in [-0.3, -0.25) is 14.5 Å². The van der Waals surface area contributed by atoms with Gasteiger partial charge in [0.15, 0.2) is 0 Å². The monoisotopic (exact) mass is 332 g/mol. The molecule has 2 aliphatic rings. The van der Waals surface area contributed by atoms with Crippen molar-refractivity contribution in [2.75, 3.05) is 19.6 Å². The average molecular weight is 333 g/mol. The van der Waals surface area contributed by atoms with Crippen molar-refractivity contribution in [2.45, 2.75) is 70.4 Å². The minimum atomic E-state index is -0.789. The molecule has 22 heavy (non-hydrogen) atoms. The number of carboxylic acids is 1. The van der Waals surface area contributed by atoms with Crippen molar-refractivity contribution in [3.05, 3.63) is 0 Å². The summed E-state index contributed by atoms with van der Waals surface area (Å²) in [5.41, 5.74) is 0. The Morgan fingerprint density at radius 3 is 2.32 bits per heavy atom. The van der Waals surface area contributed by atoms with Crippen LogP contribution in [0.5, 0.6) is 0 Å². The molecule has 0 bridgehead atoms. The Morgan fingerprint density at radius 2 is 1.73 bits per heavy atom. The van der Waals surface area contributed by atoms with Crippen LogP contribution in [0.25, 0.3) is 0 Å². The van der Waals surface area contributed by atoms with Gasteiger partial charge in [0.25, 0.3) is 0 Å². The van der Waals surface area contributed by atoms with Gasteiger partial charge >= 0.3 is 5.97 Å². The number of likely N-dealkylation sites (N-methyl/N-ethyl adjacent to an activating group) is 1. The number of halogens is 1. The quantitative estimate of drug-likeness (QED) is 0.840. The van der Waals surface area contributed by atoms with Crippen LogP contribution in [0.15, 0.2) is 0 Å². The normalized spacial score (nSPS) is 23.6. The van der Waals surface area contributed by atoms with Crippen LogP contribution in [-0.2, 0) is 9.59 Å². The van der Waals surface area contributed by atoms with Crippen molar-refractivity contribution in [3.63, 3.8) is 0 Å². The van der Waals surface area contributed by atoms with Gasteiger partial charge in [-0.05, 0) is 39.2 Å². The number of piperidine rings is 1. The van der Waals surface area contributed by atoms with Gasteiger partial charge in [0.1, 0.15) is 6.04 Å². The molecule has 1 heterocycles. The Labute approximate surface area is 139 Å². The van der Waals surface area contributed by atoms with E-state index in [-0.39, 0.29) is 24.9 Å². The fourth-order valence-electron chi connectivity index (χ4n) is 3.76. The zero-order valence-electron chi connectivity index (χ0n) is 13.5. The third kappa shape index (κ3) is 4.85. The van der Waals surface area contributed by atoms with E-state index in [0.717, 1.165) is 38.8 Å². The highest BCUT2D eigenvalue weighted by Gasteiger charge is 2.32. The molecule has 1 saturated carbocycles. The fourth-order valence-corrected chi connectivity index (χ4v) is 3.76. The molecule has 0 radical (unpaired) electrons. The summed E-state index contributed by atoms with van der Waals surface area (Å²) in [4.78, 5) is 27.8. The molecule has 1 amide bonds. The fraction of sp³-hybridized carbons (Fsp3) is 0.875. The van der Waals surface area contributed by atoms with Gasteiger partial charge in [-0.2, -0.15) is 0 Å². The van der Waals surface area contributed by atoms with Crippen LogP contribution in [0.2, 0.25) is 0 Å². The van der Waals surface area contributed by atoms with Gasteiger partial charge < -0.3 is 10.0 Å². The van der Waals surface area contributed by atoms with E-state index in [0.29, 0.717) is 12.5 Å². The van der Waals surface area contributed by atoms with Crippen molar-refractivity contribution >= 4 is 24.3 Å². The van der Waals surface area contributed by atoms with Crippen LogP contribution >= 0.6 is 12.4 Å². The van der Waals surface area contributed by atoms with E-state index in [2.05, 4.69) is 0 Å². The molecule has 0 aromatic rings. The van der Waals surface area contributed by atoms with E-state index >= 15 is 0 Å². The van der Waals surface area contributed by atoms with Crippen molar-refractivity contribution < 1.29 is 14.7 Å². The first-order valence-corrected chi connectivity index (χ1v) is 8.39. The molecule has 2 rings (SSSR count). The molecule has 1 N–H and O–H groups in total. The third-order valence-electron chi connectivity index (χ3n) is 4.91. The Hall–Kier alpha value is -0.810. The molecular weight excluding hydrogens is 304 g/mol. The van der Waals surface area contributed by atoms with E-state index < -0.39 is 12.0 Å². The maximum atomic E-state index is 12.6. The van der Waals surface area contributed by atoms with Crippen LogP contribution in [0.1, 0.15) is 58.3 Å². The topological polar surface area (TPSA) is 60.9 Å². The number of hydrogen-bond acceptors (Lipinski definition) is 3. The molecule has 0 aromatic carbocycles. The van der Waals surface area contributed by atoms with E-state index in [1.54, 1.807) is 0 Å². The zero-order chi connectivity index (χ0) is 15.2. The summed E-state index contributed by atoms with van der Waals surface area (Å²) < 4.78 is 0. The molecule has 128 valence electrons. The van der Waals surface area contributed by atoms with Crippen LogP contribution in [0, 0.1) is 0 Å². The molecule has 1 unspecified atom stereocenters. The van der Waals surface area contributed by atoms with Crippen LogP contribution < -0.4 is 0 Å². The number of carbonyl (C=O) groups is 2. The Balaban J connectivity index is 0.00000242. The molecule has 6 heteroatoms. The van der Waals surface area contributed by atoms with E-state index in [4.69, 9.17) is 0 Å². The lowest BCUT2D eigenvalue weighted by molar-refractivity contribution is -0.146. The number of likely N-dealkylation sites (tertiary alicyclic amines) is 1. The van der Waals surface area contributed by atoms with Gasteiger partial charge in [-0.25, -0.2) is 0 Å². The SMILES string of the molecule is CCN(C(=O)CN1CCCCC1C(=O)O)C1CCCCC1.Cl. The highest BCUT2D eigenvalue weighted by Crippen LogP contribution is 2.23. The number of nitrogens with zero attached hydrogens (tertiary/aromatic N) is 2. The first-order chi connectivity index (χ1) is 10.1. The number of amides is 1. The van der Waals surface area contributed by atoms with Gasteiger partial charge in [-0.15, -0.1) is 12.4 Å². The Kier molecular flexibility index (Phi) is 8.18. The van der Waals surface area contributed by atoms with E-state index in [9.17, 15) is 14.7 Å². The maximum Gasteiger partial charge on any atom is 0.320 e. The molecule has 1 atom stereocenters. The van der Waals surface area contributed by atoms with Gasteiger partial charge in [0.05, 0.1) is 6.54 Å². The molecular formula is C16H29ClN2O3. The van der Waals surface area contributed by atoms with Crippen LogP contribution in [0.4, 0.5) is 0 Å². The van der Waals surface area contributed by atoms with Gasteiger partial charge in [-0.1, -0.05) is 25.7 Å². The molecule has 1 saturated heterocycles. The van der Waals surface area contributed by atoms with Crippen LogP contribution in [0.3, 0.4) is 0 Å². The number of hydrogen-bond donors (Lipinski definition) is 1. The van der Waals surface area contributed by atoms with Crippen molar-refractivity contribution in [1.82, 2.24) is 9.80 Å². The molecule has 2 fully saturated rings. The third-order valence-corrected chi connectivity index (χ3v) is 4.91. The lowest BCUT2D eigenvalue weighted by atomic mass is 9.94.